The van der Waals surface area contributed by atoms with Crippen molar-refractivity contribution in [2.24, 2.45) is 0 Å². The van der Waals surface area contributed by atoms with Crippen LogP contribution in [0.5, 0.6) is 5.75 Å². The summed E-state index contributed by atoms with van der Waals surface area (Å²) >= 11 is 1.51. The van der Waals surface area contributed by atoms with E-state index in [0.29, 0.717) is 31.9 Å². The van der Waals surface area contributed by atoms with Crippen molar-refractivity contribution in [3.05, 3.63) is 51.7 Å². The van der Waals surface area contributed by atoms with Gasteiger partial charge in [0.2, 0.25) is 0 Å². The van der Waals surface area contributed by atoms with Crippen LogP contribution in [0.2, 0.25) is 0 Å². The molecular formula is C20H24N2O3S. The Morgan fingerprint density at radius 1 is 0.962 bits per heavy atom. The van der Waals surface area contributed by atoms with Crippen molar-refractivity contribution in [2.75, 3.05) is 26.2 Å². The zero-order valence-electron chi connectivity index (χ0n) is 15.4. The molecule has 1 aromatic heterocycles. The second-order valence-corrected chi connectivity index (χ2v) is 7.89. The van der Waals surface area contributed by atoms with Crippen LogP contribution in [0.4, 0.5) is 0 Å². The molecule has 0 radical (unpaired) electrons. The average Bonchev–Trinajstić information content (AvgIpc) is 3.09. The minimum absolute atomic E-state index is 0.0374. The summed E-state index contributed by atoms with van der Waals surface area (Å²) in [4.78, 5) is 30.6. The van der Waals surface area contributed by atoms with E-state index in [-0.39, 0.29) is 11.8 Å². The van der Waals surface area contributed by atoms with Gasteiger partial charge in [-0.15, -0.1) is 11.3 Å². The number of piperazine rings is 1. The molecule has 1 aliphatic heterocycles. The molecule has 2 amide bonds. The number of carbonyl (C=O) groups is 2. The first-order valence-electron chi connectivity index (χ1n) is 8.82. The van der Waals surface area contributed by atoms with Crippen LogP contribution in [0.25, 0.3) is 0 Å². The molecule has 5 nitrogen and oxygen atoms in total. The van der Waals surface area contributed by atoms with Gasteiger partial charge in [0.05, 0.1) is 4.88 Å². The van der Waals surface area contributed by atoms with Crippen LogP contribution >= 0.6 is 11.3 Å². The standard InChI is InChI=1S/C20H24N2O3S/c1-14-4-7-17(8-5-14)25-16(3)19(23)21-10-12-22(13-11-21)20(24)18-9-6-15(2)26-18/h4-9,16H,10-13H2,1-3H3. The number of carbonyl (C=O) groups excluding carboxylic acids is 2. The van der Waals surface area contributed by atoms with Crippen LogP contribution in [0.1, 0.15) is 27.0 Å². The summed E-state index contributed by atoms with van der Waals surface area (Å²) in [5.74, 6) is 0.710. The molecular weight excluding hydrogens is 348 g/mol. The molecule has 1 atom stereocenters. The van der Waals surface area contributed by atoms with Gasteiger partial charge in [0.1, 0.15) is 5.75 Å². The maximum Gasteiger partial charge on any atom is 0.264 e. The van der Waals surface area contributed by atoms with Crippen LogP contribution in [-0.4, -0.2) is 53.9 Å². The van der Waals surface area contributed by atoms with E-state index in [4.69, 9.17) is 4.74 Å². The van der Waals surface area contributed by atoms with Gasteiger partial charge >= 0.3 is 0 Å². The molecule has 6 heteroatoms. The minimum atomic E-state index is -0.542. The Morgan fingerprint density at radius 3 is 2.15 bits per heavy atom. The lowest BCUT2D eigenvalue weighted by Crippen LogP contribution is -2.53. The summed E-state index contributed by atoms with van der Waals surface area (Å²) in [6.07, 6.45) is -0.542. The van der Waals surface area contributed by atoms with Gasteiger partial charge in [0.25, 0.3) is 11.8 Å². The second kappa shape index (κ2) is 7.91. The molecule has 1 fully saturated rings. The molecule has 0 spiro atoms. The molecule has 0 aliphatic carbocycles. The predicted molar refractivity (Wildman–Crippen MR) is 103 cm³/mol. The Morgan fingerprint density at radius 2 is 1.58 bits per heavy atom. The highest BCUT2D eigenvalue weighted by Crippen LogP contribution is 2.19. The van der Waals surface area contributed by atoms with E-state index in [0.717, 1.165) is 15.3 Å². The highest BCUT2D eigenvalue weighted by Gasteiger charge is 2.28. The number of ether oxygens (including phenoxy) is 1. The summed E-state index contributed by atoms with van der Waals surface area (Å²) in [7, 11) is 0. The van der Waals surface area contributed by atoms with E-state index in [1.54, 1.807) is 11.8 Å². The van der Waals surface area contributed by atoms with E-state index in [1.807, 2.05) is 55.1 Å². The number of hydrogen-bond acceptors (Lipinski definition) is 4. The normalized spacial score (nSPS) is 15.7. The van der Waals surface area contributed by atoms with E-state index < -0.39 is 6.10 Å². The molecule has 1 unspecified atom stereocenters. The number of benzene rings is 1. The highest BCUT2D eigenvalue weighted by molar-refractivity contribution is 7.13. The summed E-state index contributed by atoms with van der Waals surface area (Å²) < 4.78 is 5.76. The van der Waals surface area contributed by atoms with Gasteiger partial charge in [-0.05, 0) is 45.0 Å². The van der Waals surface area contributed by atoms with Gasteiger partial charge in [-0.1, -0.05) is 17.7 Å². The number of rotatable bonds is 4. The van der Waals surface area contributed by atoms with Gasteiger partial charge in [-0.25, -0.2) is 0 Å². The van der Waals surface area contributed by atoms with Crippen molar-refractivity contribution in [1.29, 1.82) is 0 Å². The monoisotopic (exact) mass is 372 g/mol. The second-order valence-electron chi connectivity index (χ2n) is 6.60. The van der Waals surface area contributed by atoms with Crippen LogP contribution in [0.15, 0.2) is 36.4 Å². The Bertz CT molecular complexity index is 777. The van der Waals surface area contributed by atoms with Crippen LogP contribution in [-0.2, 0) is 4.79 Å². The minimum Gasteiger partial charge on any atom is -0.481 e. The molecule has 1 aliphatic rings. The summed E-state index contributed by atoms with van der Waals surface area (Å²) in [6, 6.07) is 11.5. The zero-order chi connectivity index (χ0) is 18.7. The van der Waals surface area contributed by atoms with Crippen molar-refractivity contribution >= 4 is 23.2 Å². The highest BCUT2D eigenvalue weighted by atomic mass is 32.1. The lowest BCUT2D eigenvalue weighted by molar-refractivity contribution is -0.139. The molecule has 1 aromatic carbocycles. The third-order valence-electron chi connectivity index (χ3n) is 4.51. The van der Waals surface area contributed by atoms with Crippen LogP contribution in [0.3, 0.4) is 0 Å². The van der Waals surface area contributed by atoms with Crippen molar-refractivity contribution in [1.82, 2.24) is 9.80 Å². The molecule has 26 heavy (non-hydrogen) atoms. The van der Waals surface area contributed by atoms with Gasteiger partial charge in [-0.2, -0.15) is 0 Å². The Kier molecular flexibility index (Phi) is 5.61. The van der Waals surface area contributed by atoms with Gasteiger partial charge in [0.15, 0.2) is 6.10 Å². The summed E-state index contributed by atoms with van der Waals surface area (Å²) in [6.45, 7) is 7.96. The van der Waals surface area contributed by atoms with Crippen molar-refractivity contribution in [2.45, 2.75) is 26.9 Å². The molecule has 2 aromatic rings. The first kappa shape index (κ1) is 18.5. The average molecular weight is 372 g/mol. The third-order valence-corrected chi connectivity index (χ3v) is 5.50. The van der Waals surface area contributed by atoms with Crippen molar-refractivity contribution in [3.63, 3.8) is 0 Å². The number of amides is 2. The molecule has 1 saturated heterocycles. The number of thiophene rings is 1. The van der Waals surface area contributed by atoms with Crippen LogP contribution < -0.4 is 4.74 Å². The van der Waals surface area contributed by atoms with Gasteiger partial charge < -0.3 is 14.5 Å². The molecule has 3 rings (SSSR count). The Balaban J connectivity index is 1.52. The SMILES string of the molecule is Cc1ccc(OC(C)C(=O)N2CCN(C(=O)c3ccc(C)s3)CC2)cc1. The molecule has 138 valence electrons. The predicted octanol–water partition coefficient (Wildman–Crippen LogP) is 3.12. The van der Waals surface area contributed by atoms with E-state index in [9.17, 15) is 9.59 Å². The molecule has 0 bridgehead atoms. The lowest BCUT2D eigenvalue weighted by Gasteiger charge is -2.35. The maximum absolute atomic E-state index is 12.6. The van der Waals surface area contributed by atoms with E-state index in [2.05, 4.69) is 0 Å². The fourth-order valence-electron chi connectivity index (χ4n) is 2.96. The van der Waals surface area contributed by atoms with Gasteiger partial charge in [0, 0.05) is 31.1 Å². The summed E-state index contributed by atoms with van der Waals surface area (Å²) in [5.41, 5.74) is 1.15. The van der Waals surface area contributed by atoms with E-state index in [1.165, 1.54) is 11.3 Å². The number of nitrogens with zero attached hydrogens (tertiary/aromatic N) is 2. The lowest BCUT2D eigenvalue weighted by atomic mass is 10.2. The summed E-state index contributed by atoms with van der Waals surface area (Å²) in [5, 5.41) is 0. The van der Waals surface area contributed by atoms with Gasteiger partial charge in [-0.3, -0.25) is 9.59 Å². The largest absolute Gasteiger partial charge is 0.481 e. The van der Waals surface area contributed by atoms with Crippen molar-refractivity contribution < 1.29 is 14.3 Å². The molecule has 0 saturated carbocycles. The first-order valence-corrected chi connectivity index (χ1v) is 9.63. The molecule has 2 heterocycles. The zero-order valence-corrected chi connectivity index (χ0v) is 16.2. The Hall–Kier alpha value is -2.34. The third kappa shape index (κ3) is 4.25. The fourth-order valence-corrected chi connectivity index (χ4v) is 3.80. The smallest absolute Gasteiger partial charge is 0.264 e. The fraction of sp³-hybridized carbons (Fsp3) is 0.400. The Labute approximate surface area is 158 Å². The molecule has 0 N–H and O–H groups in total. The topological polar surface area (TPSA) is 49.9 Å². The quantitative estimate of drug-likeness (QED) is 0.829. The number of aryl methyl sites for hydroxylation is 2. The first-order chi connectivity index (χ1) is 12.4. The maximum atomic E-state index is 12.6. The number of hydrogen-bond donors (Lipinski definition) is 0. The van der Waals surface area contributed by atoms with Crippen molar-refractivity contribution in [3.8, 4) is 5.75 Å². The van der Waals surface area contributed by atoms with E-state index >= 15 is 0 Å². The van der Waals surface area contributed by atoms with Crippen LogP contribution in [0, 0.1) is 13.8 Å².